The van der Waals surface area contributed by atoms with Crippen LogP contribution >= 0.6 is 7.60 Å². The van der Waals surface area contributed by atoms with E-state index in [4.69, 9.17) is 25.5 Å². The largest absolute Gasteiger partial charge is 0.410 e. The van der Waals surface area contributed by atoms with Gasteiger partial charge in [-0.05, 0) is 0 Å². The van der Waals surface area contributed by atoms with E-state index < -0.39 is 13.5 Å². The van der Waals surface area contributed by atoms with Crippen molar-refractivity contribution in [2.45, 2.75) is 0 Å². The maximum absolute atomic E-state index is 10.7. The molecule has 11 heteroatoms. The van der Waals surface area contributed by atoms with Gasteiger partial charge in [0, 0.05) is 11.7 Å². The van der Waals surface area contributed by atoms with Gasteiger partial charge in [-0.25, -0.2) is 15.0 Å². The highest BCUT2D eigenvalue weighted by atomic mass is 31.2. The molecular weight excluding hydrogens is 301 g/mol. The van der Waals surface area contributed by atoms with Crippen molar-refractivity contribution in [2.75, 3.05) is 18.9 Å². The number of hydrogen-bond donors (Lipinski definition) is 4. The number of aliphatic hydroxyl groups is 1. The number of fused-ring (bicyclic) bond motifs is 1. The van der Waals surface area contributed by atoms with Crippen molar-refractivity contribution in [3.63, 3.8) is 0 Å². The number of hydrogen-bond acceptors (Lipinski definition) is 7. The lowest BCUT2D eigenvalue weighted by Crippen LogP contribution is -2.21. The van der Waals surface area contributed by atoms with Gasteiger partial charge in [0.1, 0.15) is 19.3 Å². The summed E-state index contributed by atoms with van der Waals surface area (Å²) in [6.45, 7) is -0.359. The third-order valence-electron chi connectivity index (χ3n) is 2.55. The van der Waals surface area contributed by atoms with Gasteiger partial charge in [-0.1, -0.05) is 6.08 Å². The molecule has 0 aromatic carbocycles. The van der Waals surface area contributed by atoms with Crippen LogP contribution in [0.15, 0.2) is 24.5 Å². The summed E-state index contributed by atoms with van der Waals surface area (Å²) in [5.41, 5.74) is 6.36. The standard InChI is InChI=1S/C10H14N5O5P/c11-9-8-10(13-5-12-9)15(6-14-8)20-4-7(3-16)1-2-21(17,18)19/h1-2,5-7,16H,3-4H2,(H2,11,12,13)(H2,17,18,19)/b2-1+. The van der Waals surface area contributed by atoms with E-state index in [-0.39, 0.29) is 19.0 Å². The van der Waals surface area contributed by atoms with Crippen molar-refractivity contribution in [2.24, 2.45) is 5.92 Å². The van der Waals surface area contributed by atoms with Crippen LogP contribution in [0.25, 0.3) is 11.2 Å². The Labute approximate surface area is 119 Å². The second-order valence-electron chi connectivity index (χ2n) is 4.17. The molecule has 0 saturated heterocycles. The van der Waals surface area contributed by atoms with E-state index in [2.05, 4.69) is 15.0 Å². The van der Waals surface area contributed by atoms with Crippen LogP contribution < -0.4 is 10.6 Å². The van der Waals surface area contributed by atoms with Crippen LogP contribution in [0.3, 0.4) is 0 Å². The van der Waals surface area contributed by atoms with Gasteiger partial charge in [-0.3, -0.25) is 4.57 Å². The maximum Gasteiger partial charge on any atom is 0.348 e. The van der Waals surface area contributed by atoms with Crippen LogP contribution in [-0.2, 0) is 4.57 Å². The van der Waals surface area contributed by atoms with Crippen LogP contribution in [0.5, 0.6) is 0 Å². The third-order valence-corrected chi connectivity index (χ3v) is 3.11. The van der Waals surface area contributed by atoms with E-state index in [1.807, 2.05) is 0 Å². The fourth-order valence-electron chi connectivity index (χ4n) is 1.51. The van der Waals surface area contributed by atoms with Crippen molar-refractivity contribution < 1.29 is 24.3 Å². The van der Waals surface area contributed by atoms with E-state index in [0.717, 1.165) is 5.82 Å². The lowest BCUT2D eigenvalue weighted by atomic mass is 10.2. The first-order valence-electron chi connectivity index (χ1n) is 5.83. The van der Waals surface area contributed by atoms with Gasteiger partial charge in [0.05, 0.1) is 6.61 Å². The van der Waals surface area contributed by atoms with Gasteiger partial charge < -0.3 is 25.5 Å². The highest BCUT2D eigenvalue weighted by Gasteiger charge is 2.12. The van der Waals surface area contributed by atoms with Crippen molar-refractivity contribution in [3.05, 3.63) is 24.5 Å². The molecule has 1 unspecified atom stereocenters. The van der Waals surface area contributed by atoms with Gasteiger partial charge in [0.25, 0.3) is 0 Å². The van der Waals surface area contributed by atoms with E-state index in [0.29, 0.717) is 11.2 Å². The quantitative estimate of drug-likeness (QED) is 0.498. The average molecular weight is 315 g/mol. The molecule has 0 spiro atoms. The molecule has 2 heterocycles. The zero-order chi connectivity index (χ0) is 15.5. The number of rotatable bonds is 6. The minimum absolute atomic E-state index is 0.0254. The summed E-state index contributed by atoms with van der Waals surface area (Å²) in [4.78, 5) is 34.6. The molecule has 2 aromatic heterocycles. The molecule has 0 aliphatic heterocycles. The summed E-state index contributed by atoms with van der Waals surface area (Å²) in [7, 11) is -4.27. The van der Waals surface area contributed by atoms with E-state index >= 15 is 0 Å². The minimum atomic E-state index is -4.27. The fourth-order valence-corrected chi connectivity index (χ4v) is 1.97. The lowest BCUT2D eigenvalue weighted by molar-refractivity contribution is 0.0789. The Hall–Kier alpha value is -2.00. The molecule has 21 heavy (non-hydrogen) atoms. The summed E-state index contributed by atoms with van der Waals surface area (Å²) in [6.07, 6.45) is 3.80. The lowest BCUT2D eigenvalue weighted by Gasteiger charge is -2.11. The predicted molar refractivity (Wildman–Crippen MR) is 72.9 cm³/mol. The normalized spacial score (nSPS) is 13.9. The monoisotopic (exact) mass is 315 g/mol. The van der Waals surface area contributed by atoms with Crippen LogP contribution in [0.2, 0.25) is 0 Å². The maximum atomic E-state index is 10.7. The first-order valence-corrected chi connectivity index (χ1v) is 7.51. The average Bonchev–Trinajstić information content (AvgIpc) is 2.83. The van der Waals surface area contributed by atoms with Crippen LogP contribution in [0.4, 0.5) is 5.82 Å². The highest BCUT2D eigenvalue weighted by molar-refractivity contribution is 7.55. The first kappa shape index (κ1) is 15.4. The molecule has 10 nitrogen and oxygen atoms in total. The molecule has 0 amide bonds. The van der Waals surface area contributed by atoms with Crippen LogP contribution in [0.1, 0.15) is 0 Å². The number of nitrogens with two attached hydrogens (primary N) is 1. The molecule has 2 rings (SSSR count). The van der Waals surface area contributed by atoms with Gasteiger partial charge in [0.15, 0.2) is 11.3 Å². The molecule has 2 aromatic rings. The van der Waals surface area contributed by atoms with Crippen LogP contribution in [0, 0.1) is 5.92 Å². The molecule has 0 fully saturated rings. The summed E-state index contributed by atoms with van der Waals surface area (Å²) in [5.74, 6) is 0.348. The third kappa shape index (κ3) is 3.99. The van der Waals surface area contributed by atoms with Gasteiger partial charge >= 0.3 is 7.60 Å². The molecule has 5 N–H and O–H groups in total. The Morgan fingerprint density at radius 1 is 1.43 bits per heavy atom. The van der Waals surface area contributed by atoms with Gasteiger partial charge in [0.2, 0.25) is 5.65 Å². The van der Waals surface area contributed by atoms with E-state index in [1.165, 1.54) is 23.5 Å². The molecule has 1 atom stereocenters. The summed E-state index contributed by atoms with van der Waals surface area (Å²) in [6, 6.07) is 0. The van der Waals surface area contributed by atoms with Crippen molar-refractivity contribution in [1.82, 2.24) is 19.7 Å². The second-order valence-corrected chi connectivity index (χ2v) is 5.65. The Kier molecular flexibility index (Phi) is 4.53. The number of aromatic nitrogens is 4. The number of nitrogen functional groups attached to an aromatic ring is 1. The summed E-state index contributed by atoms with van der Waals surface area (Å²) >= 11 is 0. The Bertz CT molecular complexity index is 696. The molecule has 114 valence electrons. The van der Waals surface area contributed by atoms with Crippen molar-refractivity contribution >= 4 is 24.6 Å². The fraction of sp³-hybridized carbons (Fsp3) is 0.300. The molecule has 0 radical (unpaired) electrons. The van der Waals surface area contributed by atoms with Crippen molar-refractivity contribution in [3.8, 4) is 0 Å². The van der Waals surface area contributed by atoms with Crippen LogP contribution in [-0.4, -0.2) is 47.8 Å². The second kappa shape index (κ2) is 6.19. The molecule has 0 bridgehead atoms. The zero-order valence-electron chi connectivity index (χ0n) is 10.8. The molecular formula is C10H14N5O5P. The van der Waals surface area contributed by atoms with E-state index in [1.54, 1.807) is 0 Å². The first-order chi connectivity index (χ1) is 9.90. The summed E-state index contributed by atoms with van der Waals surface area (Å²) in [5, 5.41) is 9.15. The van der Waals surface area contributed by atoms with Gasteiger partial charge in [-0.2, -0.15) is 4.73 Å². The Balaban J connectivity index is 2.08. The number of anilines is 1. The highest BCUT2D eigenvalue weighted by Crippen LogP contribution is 2.36. The summed E-state index contributed by atoms with van der Waals surface area (Å²) < 4.78 is 12.0. The van der Waals surface area contributed by atoms with E-state index in [9.17, 15) is 4.57 Å². The molecule has 0 aliphatic carbocycles. The SMILES string of the molecule is Nc1ncnc2c1ncn2OCC(/C=C/P(=O)(O)O)CO. The number of nitrogens with zero attached hydrogens (tertiary/aromatic N) is 4. The van der Waals surface area contributed by atoms with Gasteiger partial charge in [-0.15, -0.1) is 0 Å². The zero-order valence-corrected chi connectivity index (χ0v) is 11.7. The molecule has 0 aliphatic rings. The van der Waals surface area contributed by atoms with Crippen molar-refractivity contribution in [1.29, 1.82) is 0 Å². The number of aliphatic hydroxyl groups excluding tert-OH is 1. The molecule has 0 saturated carbocycles. The minimum Gasteiger partial charge on any atom is -0.410 e. The Morgan fingerprint density at radius 3 is 2.86 bits per heavy atom. The topological polar surface area (TPSA) is 157 Å². The smallest absolute Gasteiger partial charge is 0.348 e. The Morgan fingerprint density at radius 2 is 2.19 bits per heavy atom. The predicted octanol–water partition coefficient (Wildman–Crippen LogP) is -0.863. The number of imidazole rings is 1.